The van der Waals surface area contributed by atoms with E-state index in [-0.39, 0.29) is 18.3 Å². The summed E-state index contributed by atoms with van der Waals surface area (Å²) >= 11 is 0. The summed E-state index contributed by atoms with van der Waals surface area (Å²) in [6.45, 7) is 2.58. The van der Waals surface area contributed by atoms with Crippen LogP contribution in [-0.4, -0.2) is 48.8 Å². The van der Waals surface area contributed by atoms with E-state index in [1.807, 2.05) is 17.7 Å². The molecule has 0 aliphatic heterocycles. The average molecular weight is 536 g/mol. The van der Waals surface area contributed by atoms with Crippen molar-refractivity contribution in [1.82, 2.24) is 24.5 Å². The van der Waals surface area contributed by atoms with Gasteiger partial charge in [-0.2, -0.15) is 13.2 Å². The van der Waals surface area contributed by atoms with Crippen molar-refractivity contribution in [3.8, 4) is 17.6 Å². The Labute approximate surface area is 218 Å². The van der Waals surface area contributed by atoms with Crippen molar-refractivity contribution in [2.45, 2.75) is 76.9 Å². The highest BCUT2D eigenvalue weighted by molar-refractivity contribution is 5.67. The number of carboxylic acids is 1. The number of carboxylic acid groups (broad SMARTS) is 1. The van der Waals surface area contributed by atoms with Crippen LogP contribution in [0, 0.1) is 0 Å². The van der Waals surface area contributed by atoms with Crippen LogP contribution in [0.2, 0.25) is 0 Å². The molecule has 1 saturated carbocycles. The Kier molecular flexibility index (Phi) is 8.90. The number of aromatic nitrogens is 5. The highest BCUT2D eigenvalue weighted by atomic mass is 19.4. The monoisotopic (exact) mass is 535 g/mol. The number of hydrogen-bond donors (Lipinski definition) is 1. The van der Waals surface area contributed by atoms with E-state index in [2.05, 4.69) is 15.2 Å². The number of carbonyl (C=O) groups is 1. The maximum atomic E-state index is 12.9. The molecule has 3 aromatic heterocycles. The number of ether oxygens (including phenoxy) is 2. The van der Waals surface area contributed by atoms with Crippen LogP contribution >= 0.6 is 0 Å². The van der Waals surface area contributed by atoms with Crippen LogP contribution in [0.5, 0.6) is 11.8 Å². The Balaban J connectivity index is 1.39. The predicted octanol–water partition coefficient (Wildman–Crippen LogP) is 5.42. The fourth-order valence-electron chi connectivity index (χ4n) is 4.61. The maximum Gasteiger partial charge on any atom is 0.417 e. The molecule has 38 heavy (non-hydrogen) atoms. The van der Waals surface area contributed by atoms with E-state index in [9.17, 15) is 18.0 Å². The summed E-state index contributed by atoms with van der Waals surface area (Å²) in [5.74, 6) is 0.280. The van der Waals surface area contributed by atoms with Gasteiger partial charge in [-0.1, -0.05) is 19.3 Å². The molecule has 1 N–H and O–H groups in total. The van der Waals surface area contributed by atoms with Crippen LogP contribution in [0.15, 0.2) is 30.6 Å². The zero-order valence-corrected chi connectivity index (χ0v) is 21.3. The second-order valence-corrected chi connectivity index (χ2v) is 9.30. The van der Waals surface area contributed by atoms with Gasteiger partial charge in [0.1, 0.15) is 0 Å². The van der Waals surface area contributed by atoms with Crippen molar-refractivity contribution in [3.05, 3.63) is 47.4 Å². The van der Waals surface area contributed by atoms with Crippen LogP contribution in [-0.2, 0) is 23.8 Å². The van der Waals surface area contributed by atoms with Crippen molar-refractivity contribution in [2.24, 2.45) is 0 Å². The lowest BCUT2D eigenvalue weighted by atomic mass is 9.95. The third kappa shape index (κ3) is 7.05. The van der Waals surface area contributed by atoms with Gasteiger partial charge in [0.05, 0.1) is 31.2 Å². The summed E-state index contributed by atoms with van der Waals surface area (Å²) in [4.78, 5) is 15.0. The number of aliphatic carboxylic acids is 1. The van der Waals surface area contributed by atoms with Crippen molar-refractivity contribution >= 4 is 5.97 Å². The second-order valence-electron chi connectivity index (χ2n) is 9.30. The lowest BCUT2D eigenvalue weighted by Gasteiger charge is -2.23. The van der Waals surface area contributed by atoms with E-state index in [0.717, 1.165) is 49.2 Å². The van der Waals surface area contributed by atoms with Crippen LogP contribution in [0.25, 0.3) is 5.82 Å². The average Bonchev–Trinajstić information content (AvgIpc) is 3.50. The zero-order valence-electron chi connectivity index (χ0n) is 21.3. The van der Waals surface area contributed by atoms with Crippen LogP contribution in [0.1, 0.15) is 74.7 Å². The predicted molar refractivity (Wildman–Crippen MR) is 132 cm³/mol. The second kappa shape index (κ2) is 12.3. The number of alkyl halides is 3. The minimum atomic E-state index is -4.46. The lowest BCUT2D eigenvalue weighted by Crippen LogP contribution is -2.17. The molecule has 206 valence electrons. The van der Waals surface area contributed by atoms with E-state index in [4.69, 9.17) is 14.6 Å². The Bertz CT molecular complexity index is 1200. The molecule has 0 amide bonds. The molecule has 0 spiro atoms. The third-order valence-electron chi connectivity index (χ3n) is 6.49. The van der Waals surface area contributed by atoms with E-state index in [1.165, 1.54) is 17.2 Å². The van der Waals surface area contributed by atoms with Gasteiger partial charge in [-0.3, -0.25) is 9.48 Å². The molecule has 3 aromatic rings. The smallest absolute Gasteiger partial charge is 0.417 e. The normalized spacial score (nSPS) is 14.5. The fraction of sp³-hybridized carbons (Fsp3) is 0.538. The number of halogens is 3. The molecule has 0 saturated heterocycles. The van der Waals surface area contributed by atoms with Gasteiger partial charge in [-0.15, -0.1) is 10.2 Å². The summed E-state index contributed by atoms with van der Waals surface area (Å²) in [5, 5.41) is 18.1. The van der Waals surface area contributed by atoms with Gasteiger partial charge >= 0.3 is 12.1 Å². The standard InChI is InChI=1S/C26H32F3N5O4/c1-2-37-25-18(17-33(32-25)22-12-10-19(16-30-22)26(27,28)29)7-6-14-38-23-15-21(11-13-24(35)36)34(31-23)20-8-4-3-5-9-20/h10,12,15-17,20H,2-9,11,13-14H2,1H3,(H,35,36). The van der Waals surface area contributed by atoms with E-state index < -0.39 is 17.7 Å². The summed E-state index contributed by atoms with van der Waals surface area (Å²) in [5.41, 5.74) is 0.832. The number of nitrogens with zero attached hydrogens (tertiary/aromatic N) is 5. The molecule has 0 radical (unpaired) electrons. The Morgan fingerprint density at radius 2 is 1.92 bits per heavy atom. The minimum absolute atomic E-state index is 0.0375. The highest BCUT2D eigenvalue weighted by Gasteiger charge is 2.30. The van der Waals surface area contributed by atoms with Crippen LogP contribution in [0.3, 0.4) is 0 Å². The van der Waals surface area contributed by atoms with Gasteiger partial charge in [0.25, 0.3) is 0 Å². The Morgan fingerprint density at radius 3 is 2.58 bits per heavy atom. The van der Waals surface area contributed by atoms with Crippen molar-refractivity contribution < 1.29 is 32.5 Å². The van der Waals surface area contributed by atoms with Crippen molar-refractivity contribution in [3.63, 3.8) is 0 Å². The molecule has 1 aliphatic carbocycles. The Morgan fingerprint density at radius 1 is 1.13 bits per heavy atom. The molecular weight excluding hydrogens is 503 g/mol. The molecule has 1 fully saturated rings. The van der Waals surface area contributed by atoms with E-state index in [1.54, 1.807) is 6.20 Å². The summed E-state index contributed by atoms with van der Waals surface area (Å²) < 4.78 is 53.4. The molecule has 0 unspecified atom stereocenters. The first kappa shape index (κ1) is 27.5. The third-order valence-corrected chi connectivity index (χ3v) is 6.49. The first-order valence-electron chi connectivity index (χ1n) is 12.9. The summed E-state index contributed by atoms with van der Waals surface area (Å²) in [7, 11) is 0. The number of pyridine rings is 1. The molecule has 0 aromatic carbocycles. The van der Waals surface area contributed by atoms with Gasteiger partial charge in [-0.25, -0.2) is 9.67 Å². The maximum absolute atomic E-state index is 12.9. The van der Waals surface area contributed by atoms with Gasteiger partial charge in [0.2, 0.25) is 11.8 Å². The van der Waals surface area contributed by atoms with Gasteiger partial charge in [-0.05, 0) is 51.2 Å². The van der Waals surface area contributed by atoms with Crippen LogP contribution < -0.4 is 9.47 Å². The SMILES string of the molecule is CCOc1nn(-c2ccc(C(F)(F)F)cn2)cc1CCCOc1cc(CCC(=O)O)n(C2CCCCC2)n1. The quantitative estimate of drug-likeness (QED) is 0.309. The molecule has 9 nitrogen and oxygen atoms in total. The fourth-order valence-corrected chi connectivity index (χ4v) is 4.61. The highest BCUT2D eigenvalue weighted by Crippen LogP contribution is 2.31. The molecule has 3 heterocycles. The largest absolute Gasteiger partial charge is 0.481 e. The van der Waals surface area contributed by atoms with Gasteiger partial charge in [0, 0.05) is 29.7 Å². The number of hydrogen-bond acceptors (Lipinski definition) is 6. The first-order chi connectivity index (χ1) is 18.2. The summed E-state index contributed by atoms with van der Waals surface area (Å²) in [6.07, 6.45) is 5.17. The Hall–Kier alpha value is -3.57. The van der Waals surface area contributed by atoms with Gasteiger partial charge < -0.3 is 14.6 Å². The van der Waals surface area contributed by atoms with Gasteiger partial charge in [0.15, 0.2) is 5.82 Å². The lowest BCUT2D eigenvalue weighted by molar-refractivity contribution is -0.138. The molecule has 1 aliphatic rings. The molecule has 0 bridgehead atoms. The number of aryl methyl sites for hydroxylation is 2. The topological polar surface area (TPSA) is 104 Å². The molecular formula is C26H32F3N5O4. The first-order valence-corrected chi connectivity index (χ1v) is 12.9. The minimum Gasteiger partial charge on any atom is -0.481 e. The van der Waals surface area contributed by atoms with Crippen LogP contribution in [0.4, 0.5) is 13.2 Å². The van der Waals surface area contributed by atoms with Crippen molar-refractivity contribution in [2.75, 3.05) is 13.2 Å². The summed E-state index contributed by atoms with van der Waals surface area (Å²) in [6, 6.07) is 4.33. The molecule has 4 rings (SSSR count). The zero-order chi connectivity index (χ0) is 27.1. The number of rotatable bonds is 12. The molecule has 0 atom stereocenters. The van der Waals surface area contributed by atoms with E-state index >= 15 is 0 Å². The molecule has 12 heteroatoms. The van der Waals surface area contributed by atoms with E-state index in [0.29, 0.717) is 44.2 Å². The van der Waals surface area contributed by atoms with Crippen molar-refractivity contribution in [1.29, 1.82) is 0 Å².